The molecule has 0 bridgehead atoms. The van der Waals surface area contributed by atoms with E-state index in [0.717, 1.165) is 11.3 Å². The molecule has 2 atom stereocenters. The zero-order valence-corrected chi connectivity index (χ0v) is 27.7. The summed E-state index contributed by atoms with van der Waals surface area (Å²) in [4.78, 5) is 85.5. The van der Waals surface area contributed by atoms with Gasteiger partial charge in [0.05, 0.1) is 10.8 Å². The van der Waals surface area contributed by atoms with Crippen molar-refractivity contribution in [2.45, 2.75) is 53.0 Å². The maximum atomic E-state index is 13.3. The van der Waals surface area contributed by atoms with E-state index >= 15 is 0 Å². The maximum absolute atomic E-state index is 13.3. The number of nitrogens with one attached hydrogen (secondary N) is 1. The van der Waals surface area contributed by atoms with Gasteiger partial charge in [0.2, 0.25) is 20.2 Å². The summed E-state index contributed by atoms with van der Waals surface area (Å²) in [5.41, 5.74) is 4.05. The van der Waals surface area contributed by atoms with Gasteiger partial charge in [-0.1, -0.05) is 17.8 Å². The lowest BCUT2D eigenvalue weighted by molar-refractivity contribution is -0.176. The number of nitrogens with zero attached hydrogens (tertiary/aromatic N) is 3. The number of nitrogens with two attached hydrogens (primary N) is 1. The van der Waals surface area contributed by atoms with Crippen LogP contribution < -0.4 is 11.1 Å². The van der Waals surface area contributed by atoms with E-state index in [-0.39, 0.29) is 22.3 Å². The molecule has 0 aliphatic carbocycles. The fourth-order valence-corrected chi connectivity index (χ4v) is 5.46. The Bertz CT molecular complexity index is 1470. The molecule has 0 saturated carbocycles. The number of hydrogen-bond acceptors (Lipinski definition) is 16. The molecule has 0 radical (unpaired) electrons. The number of carbonyl (C=O) groups excluding carboxylic acids is 6. The molecular formula is C28H35N5O11S2. The van der Waals surface area contributed by atoms with Crippen LogP contribution in [0.4, 0.5) is 5.13 Å². The minimum absolute atomic E-state index is 0.00955. The minimum Gasteiger partial charge on any atom is -0.427 e. The molecule has 250 valence electrons. The third-order valence-corrected chi connectivity index (χ3v) is 8.03. The number of amides is 2. The van der Waals surface area contributed by atoms with E-state index in [4.69, 9.17) is 29.5 Å². The highest BCUT2D eigenvalue weighted by atomic mass is 32.2. The number of thiazole rings is 1. The van der Waals surface area contributed by atoms with Crippen LogP contribution in [0.15, 0.2) is 34.5 Å². The largest absolute Gasteiger partial charge is 0.427 e. The monoisotopic (exact) mass is 681 g/mol. The second kappa shape index (κ2) is 14.8. The average Bonchev–Trinajstić information content (AvgIpc) is 3.41. The van der Waals surface area contributed by atoms with Crippen molar-refractivity contribution < 1.29 is 52.6 Å². The van der Waals surface area contributed by atoms with Gasteiger partial charge in [0.1, 0.15) is 22.8 Å². The van der Waals surface area contributed by atoms with Gasteiger partial charge in [-0.15, -0.1) is 23.1 Å². The molecule has 1 saturated heterocycles. The van der Waals surface area contributed by atoms with Crippen molar-refractivity contribution in [2.24, 2.45) is 16.0 Å². The van der Waals surface area contributed by atoms with E-state index in [1.807, 2.05) is 0 Å². The number of β-lactam (4-membered cyclic amide) rings is 1. The van der Waals surface area contributed by atoms with E-state index in [1.54, 1.807) is 41.5 Å². The summed E-state index contributed by atoms with van der Waals surface area (Å²) in [6.45, 7) is 11.5. The van der Waals surface area contributed by atoms with Gasteiger partial charge < -0.3 is 34.8 Å². The predicted octanol–water partition coefficient (Wildman–Crippen LogP) is 1.47. The summed E-state index contributed by atoms with van der Waals surface area (Å²) < 4.78 is 19.7. The van der Waals surface area contributed by atoms with Crippen molar-refractivity contribution in [3.63, 3.8) is 0 Å². The van der Waals surface area contributed by atoms with Gasteiger partial charge in [-0.05, 0) is 47.1 Å². The first-order valence-electron chi connectivity index (χ1n) is 13.6. The zero-order chi connectivity index (χ0) is 34.4. The molecule has 46 heavy (non-hydrogen) atoms. The quantitative estimate of drug-likeness (QED) is 0.105. The average molecular weight is 682 g/mol. The molecule has 2 amide bonds. The Morgan fingerprint density at radius 2 is 1.67 bits per heavy atom. The maximum Gasteiger partial charge on any atom is 0.358 e. The summed E-state index contributed by atoms with van der Waals surface area (Å²) in [5, 5.41) is 7.11. The first-order valence-corrected chi connectivity index (χ1v) is 15.6. The van der Waals surface area contributed by atoms with Crippen LogP contribution in [-0.4, -0.2) is 88.6 Å². The Hall–Kier alpha value is -4.45. The van der Waals surface area contributed by atoms with Crippen LogP contribution in [0.2, 0.25) is 0 Å². The Labute approximate surface area is 272 Å². The molecule has 3 rings (SSSR count). The topological polar surface area (TPSA) is 215 Å². The predicted molar refractivity (Wildman–Crippen MR) is 164 cm³/mol. The number of thioether (sulfide) groups is 1. The van der Waals surface area contributed by atoms with Crippen molar-refractivity contribution in [2.75, 3.05) is 31.7 Å². The number of allylic oxidation sites excluding steroid dienone is 1. The van der Waals surface area contributed by atoms with Gasteiger partial charge in [0.25, 0.3) is 11.8 Å². The molecule has 1 aromatic heterocycles. The van der Waals surface area contributed by atoms with E-state index in [2.05, 4.69) is 22.0 Å². The van der Waals surface area contributed by atoms with Crippen LogP contribution in [0.25, 0.3) is 0 Å². The minimum atomic E-state index is -1.09. The first kappa shape index (κ1) is 36.0. The fourth-order valence-electron chi connectivity index (χ4n) is 3.58. The van der Waals surface area contributed by atoms with Crippen molar-refractivity contribution in [1.29, 1.82) is 0 Å². The second-order valence-corrected chi connectivity index (χ2v) is 13.8. The van der Waals surface area contributed by atoms with E-state index in [0.29, 0.717) is 5.57 Å². The van der Waals surface area contributed by atoms with Gasteiger partial charge in [0.15, 0.2) is 10.8 Å². The van der Waals surface area contributed by atoms with Crippen LogP contribution in [0, 0.1) is 10.8 Å². The number of hydrogen-bond donors (Lipinski definition) is 2. The fraction of sp³-hybridized carbons (Fsp3) is 0.500. The molecule has 1 unspecified atom stereocenters. The second-order valence-electron chi connectivity index (χ2n) is 11.8. The van der Waals surface area contributed by atoms with Crippen LogP contribution in [0.5, 0.6) is 0 Å². The normalized spacial score (nSPS) is 18.1. The summed E-state index contributed by atoms with van der Waals surface area (Å²) in [6, 6.07) is -1.09. The smallest absolute Gasteiger partial charge is 0.358 e. The standard InChI is InChI=1S/C28H35N5O11S2/c1-8-14-10-45-22-18(21(36)33(22)19(14)23(37)41-13-43-25(39)28(5,6)7)31-20(35)17(15-11-46-26(29)30-15)32-44-9-16(34)40-12-42-24(38)27(2,3)4/h8,11,18,22H,1,9-10,12-13H2,2-7H3,(H2,29,30)(H,31,35)/b32-17-/t18?,22-/m1/s1. The Balaban J connectivity index is 1.66. The molecule has 2 aliphatic heterocycles. The lowest BCUT2D eigenvalue weighted by Gasteiger charge is -2.49. The Kier molecular flexibility index (Phi) is 11.6. The number of oxime groups is 1. The molecule has 3 heterocycles. The van der Waals surface area contributed by atoms with Crippen molar-refractivity contribution in [3.8, 4) is 0 Å². The molecular weight excluding hydrogens is 646 g/mol. The number of ether oxygens (including phenoxy) is 4. The molecule has 1 fully saturated rings. The molecule has 3 N–H and O–H groups in total. The van der Waals surface area contributed by atoms with Gasteiger partial charge in [-0.3, -0.25) is 24.1 Å². The number of esters is 4. The summed E-state index contributed by atoms with van der Waals surface area (Å²) >= 11 is 2.27. The molecule has 2 aliphatic rings. The Morgan fingerprint density at radius 1 is 1.07 bits per heavy atom. The molecule has 16 nitrogen and oxygen atoms in total. The number of aromatic nitrogens is 1. The van der Waals surface area contributed by atoms with Gasteiger partial charge >= 0.3 is 23.9 Å². The molecule has 1 aromatic rings. The number of carbonyl (C=O) groups is 6. The highest BCUT2D eigenvalue weighted by Crippen LogP contribution is 2.41. The Morgan fingerprint density at radius 3 is 2.22 bits per heavy atom. The van der Waals surface area contributed by atoms with Crippen LogP contribution >= 0.6 is 23.1 Å². The van der Waals surface area contributed by atoms with E-state index in [9.17, 15) is 28.8 Å². The van der Waals surface area contributed by atoms with E-state index < -0.39 is 83.8 Å². The molecule has 0 spiro atoms. The van der Waals surface area contributed by atoms with Crippen molar-refractivity contribution in [1.82, 2.24) is 15.2 Å². The number of anilines is 1. The lowest BCUT2D eigenvalue weighted by Crippen LogP contribution is -2.71. The zero-order valence-electron chi connectivity index (χ0n) is 26.1. The summed E-state index contributed by atoms with van der Waals surface area (Å²) in [5.74, 6) is -4.27. The van der Waals surface area contributed by atoms with Gasteiger partial charge in [-0.2, -0.15) is 0 Å². The highest BCUT2D eigenvalue weighted by Gasteiger charge is 2.54. The summed E-state index contributed by atoms with van der Waals surface area (Å²) in [7, 11) is 0. The van der Waals surface area contributed by atoms with E-state index in [1.165, 1.54) is 28.1 Å². The van der Waals surface area contributed by atoms with Crippen molar-refractivity contribution in [3.05, 3.63) is 35.0 Å². The SMILES string of the molecule is C=CC1=C(C(=O)OCOC(=O)C(C)(C)C)N2C(=O)C(NC(=O)/C(=N\OCC(=O)OCOC(=O)C(C)(C)C)c3csc(N)n3)[C@H]2SC1. The van der Waals surface area contributed by atoms with Crippen LogP contribution in [-0.2, 0) is 52.6 Å². The van der Waals surface area contributed by atoms with Crippen LogP contribution in [0.1, 0.15) is 47.2 Å². The number of rotatable bonds is 12. The lowest BCUT2D eigenvalue weighted by atomic mass is 9.97. The third-order valence-electron chi connectivity index (χ3n) is 6.06. The summed E-state index contributed by atoms with van der Waals surface area (Å²) in [6.07, 6.45) is 1.41. The highest BCUT2D eigenvalue weighted by molar-refractivity contribution is 8.00. The molecule has 18 heteroatoms. The number of nitrogen functional groups attached to an aromatic ring is 1. The van der Waals surface area contributed by atoms with Crippen LogP contribution in [0.3, 0.4) is 0 Å². The van der Waals surface area contributed by atoms with Crippen molar-refractivity contribution >= 4 is 69.6 Å². The molecule has 0 aromatic carbocycles. The number of fused-ring (bicyclic) bond motifs is 1. The first-order chi connectivity index (χ1) is 21.4. The van der Waals surface area contributed by atoms with Gasteiger partial charge in [0, 0.05) is 11.1 Å². The van der Waals surface area contributed by atoms with Gasteiger partial charge in [-0.25, -0.2) is 14.6 Å². The third kappa shape index (κ3) is 8.84.